The summed E-state index contributed by atoms with van der Waals surface area (Å²) in [5, 5.41) is 10.3. The summed E-state index contributed by atoms with van der Waals surface area (Å²) in [6.45, 7) is 7.32. The normalized spacial score (nSPS) is 56.0. The summed E-state index contributed by atoms with van der Waals surface area (Å²) in [5.41, 5.74) is 0.642. The van der Waals surface area contributed by atoms with Gasteiger partial charge < -0.3 is 10.0 Å². The Morgan fingerprint density at radius 2 is 1.91 bits per heavy atom. The Morgan fingerprint density at radius 1 is 1.17 bits per heavy atom. The lowest BCUT2D eigenvalue weighted by atomic mass is 9.45. The first-order valence-corrected chi connectivity index (χ1v) is 9.70. The smallest absolute Gasteiger partial charge is 0.222 e. The summed E-state index contributed by atoms with van der Waals surface area (Å²) < 4.78 is 0. The lowest BCUT2D eigenvalue weighted by Gasteiger charge is -2.63. The van der Waals surface area contributed by atoms with Gasteiger partial charge in [0, 0.05) is 19.5 Å². The molecule has 23 heavy (non-hydrogen) atoms. The van der Waals surface area contributed by atoms with E-state index in [1.54, 1.807) is 0 Å². The average Bonchev–Trinajstić information content (AvgIpc) is 2.80. The SMILES string of the molecule is CC1CC2N(C)C(=O)CCC2(C)C2CCC3(C)C[C@@H](O)CC3C12. The topological polar surface area (TPSA) is 40.5 Å². The van der Waals surface area contributed by atoms with Crippen molar-refractivity contribution >= 4 is 5.91 Å². The molecule has 4 fully saturated rings. The predicted octanol–water partition coefficient (Wildman–Crippen LogP) is 3.46. The van der Waals surface area contributed by atoms with E-state index in [2.05, 4.69) is 25.7 Å². The molecule has 3 aliphatic carbocycles. The molecule has 7 unspecified atom stereocenters. The molecule has 1 heterocycles. The molecule has 3 nitrogen and oxygen atoms in total. The van der Waals surface area contributed by atoms with Gasteiger partial charge in [-0.25, -0.2) is 0 Å². The third kappa shape index (κ3) is 2.08. The molecule has 130 valence electrons. The van der Waals surface area contributed by atoms with E-state index < -0.39 is 0 Å². The maximum atomic E-state index is 12.2. The van der Waals surface area contributed by atoms with Crippen LogP contribution in [0.25, 0.3) is 0 Å². The molecule has 0 spiro atoms. The molecule has 4 rings (SSSR count). The Balaban J connectivity index is 1.70. The minimum Gasteiger partial charge on any atom is -0.393 e. The van der Waals surface area contributed by atoms with Gasteiger partial charge in [-0.3, -0.25) is 4.79 Å². The lowest BCUT2D eigenvalue weighted by molar-refractivity contribution is -0.164. The van der Waals surface area contributed by atoms with Gasteiger partial charge in [0.05, 0.1) is 6.10 Å². The first-order chi connectivity index (χ1) is 10.8. The fourth-order valence-corrected chi connectivity index (χ4v) is 7.49. The molecule has 3 saturated carbocycles. The summed E-state index contributed by atoms with van der Waals surface area (Å²) in [5.74, 6) is 3.17. The minimum absolute atomic E-state index is 0.0860. The summed E-state index contributed by atoms with van der Waals surface area (Å²) in [6, 6.07) is 0.427. The molecular formula is C20H33NO2. The van der Waals surface area contributed by atoms with Crippen LogP contribution in [-0.4, -0.2) is 35.1 Å². The molecule has 1 saturated heterocycles. The van der Waals surface area contributed by atoms with Gasteiger partial charge in [-0.15, -0.1) is 0 Å². The molecule has 8 atom stereocenters. The zero-order valence-corrected chi connectivity index (χ0v) is 15.2. The maximum absolute atomic E-state index is 12.2. The Labute approximate surface area is 140 Å². The van der Waals surface area contributed by atoms with Gasteiger partial charge in [-0.05, 0) is 73.0 Å². The van der Waals surface area contributed by atoms with E-state index in [-0.39, 0.29) is 11.5 Å². The van der Waals surface area contributed by atoms with Crippen molar-refractivity contribution in [2.75, 3.05) is 7.05 Å². The fraction of sp³-hybridized carbons (Fsp3) is 0.950. The number of nitrogens with zero attached hydrogens (tertiary/aromatic N) is 1. The third-order valence-electron chi connectivity index (χ3n) is 8.68. The second-order valence-corrected chi connectivity index (χ2v) is 9.82. The standard InChI is InChI=1S/C20H33NO2/c1-12-9-16-20(3,8-6-17(23)21(16)4)14-5-7-19(2)11-13(22)10-15(19)18(12)14/h12-16,18,22H,5-11H2,1-4H3/t12?,13-,14?,15?,16?,18?,19?,20?/m0/s1. The molecule has 4 aliphatic rings. The molecular weight excluding hydrogens is 286 g/mol. The molecule has 0 radical (unpaired) electrons. The average molecular weight is 319 g/mol. The lowest BCUT2D eigenvalue weighted by Crippen LogP contribution is -2.62. The van der Waals surface area contributed by atoms with E-state index in [0.717, 1.165) is 43.9 Å². The monoisotopic (exact) mass is 319 g/mol. The second kappa shape index (κ2) is 4.97. The van der Waals surface area contributed by atoms with Crippen LogP contribution in [0.3, 0.4) is 0 Å². The number of carbonyl (C=O) groups is 1. The van der Waals surface area contributed by atoms with Gasteiger partial charge in [-0.1, -0.05) is 20.8 Å². The Bertz CT molecular complexity index is 520. The highest BCUT2D eigenvalue weighted by atomic mass is 16.3. The highest BCUT2D eigenvalue weighted by molar-refractivity contribution is 5.77. The van der Waals surface area contributed by atoms with Gasteiger partial charge >= 0.3 is 0 Å². The summed E-state index contributed by atoms with van der Waals surface area (Å²) in [6.07, 6.45) is 7.45. The number of aliphatic hydroxyl groups excluding tert-OH is 1. The fourth-order valence-electron chi connectivity index (χ4n) is 7.49. The largest absolute Gasteiger partial charge is 0.393 e. The van der Waals surface area contributed by atoms with Crippen LogP contribution in [0.2, 0.25) is 0 Å². The number of hydrogen-bond donors (Lipinski definition) is 1. The number of carbonyl (C=O) groups excluding carboxylic acids is 1. The molecule has 0 aromatic heterocycles. The Kier molecular flexibility index (Phi) is 3.44. The highest BCUT2D eigenvalue weighted by Crippen LogP contribution is 2.65. The first kappa shape index (κ1) is 15.9. The van der Waals surface area contributed by atoms with Crippen LogP contribution in [0, 0.1) is 34.5 Å². The van der Waals surface area contributed by atoms with Crippen molar-refractivity contribution in [3.63, 3.8) is 0 Å². The van der Waals surface area contributed by atoms with Crippen molar-refractivity contribution in [1.82, 2.24) is 4.90 Å². The number of aliphatic hydroxyl groups is 1. The van der Waals surface area contributed by atoms with E-state index in [1.807, 2.05) is 7.05 Å². The van der Waals surface area contributed by atoms with Crippen LogP contribution >= 0.6 is 0 Å². The van der Waals surface area contributed by atoms with E-state index >= 15 is 0 Å². The molecule has 3 heteroatoms. The number of piperidine rings is 1. The van der Waals surface area contributed by atoms with Crippen molar-refractivity contribution in [3.05, 3.63) is 0 Å². The van der Waals surface area contributed by atoms with Gasteiger partial charge in [0.25, 0.3) is 0 Å². The van der Waals surface area contributed by atoms with Gasteiger partial charge in [0.1, 0.15) is 0 Å². The van der Waals surface area contributed by atoms with Crippen molar-refractivity contribution in [3.8, 4) is 0 Å². The third-order valence-corrected chi connectivity index (χ3v) is 8.68. The zero-order chi connectivity index (χ0) is 16.6. The molecule has 0 aromatic rings. The molecule has 0 aromatic carbocycles. The summed E-state index contributed by atoms with van der Waals surface area (Å²) in [7, 11) is 2.03. The van der Waals surface area contributed by atoms with Crippen LogP contribution in [0.15, 0.2) is 0 Å². The van der Waals surface area contributed by atoms with Crippen molar-refractivity contribution in [1.29, 1.82) is 0 Å². The molecule has 1 amide bonds. The number of likely N-dealkylation sites (tertiary alicyclic amines) is 1. The predicted molar refractivity (Wildman–Crippen MR) is 90.7 cm³/mol. The zero-order valence-electron chi connectivity index (χ0n) is 15.2. The van der Waals surface area contributed by atoms with Gasteiger partial charge in [0.15, 0.2) is 0 Å². The maximum Gasteiger partial charge on any atom is 0.222 e. The highest BCUT2D eigenvalue weighted by Gasteiger charge is 2.61. The molecule has 1 aliphatic heterocycles. The van der Waals surface area contributed by atoms with Crippen molar-refractivity contribution in [2.24, 2.45) is 34.5 Å². The van der Waals surface area contributed by atoms with Gasteiger partial charge in [0.2, 0.25) is 5.91 Å². The van der Waals surface area contributed by atoms with Crippen LogP contribution in [0.4, 0.5) is 0 Å². The Morgan fingerprint density at radius 3 is 2.65 bits per heavy atom. The van der Waals surface area contributed by atoms with Crippen LogP contribution in [0.1, 0.15) is 65.7 Å². The van der Waals surface area contributed by atoms with Crippen LogP contribution in [-0.2, 0) is 4.79 Å². The molecule has 1 N–H and O–H groups in total. The van der Waals surface area contributed by atoms with Crippen molar-refractivity contribution < 1.29 is 9.90 Å². The minimum atomic E-state index is -0.0860. The van der Waals surface area contributed by atoms with E-state index in [9.17, 15) is 9.90 Å². The quantitative estimate of drug-likeness (QED) is 0.743. The number of hydrogen-bond acceptors (Lipinski definition) is 2. The van der Waals surface area contributed by atoms with Crippen LogP contribution < -0.4 is 0 Å². The number of amides is 1. The van der Waals surface area contributed by atoms with E-state index in [4.69, 9.17) is 0 Å². The first-order valence-electron chi connectivity index (χ1n) is 9.70. The van der Waals surface area contributed by atoms with Crippen LogP contribution in [0.5, 0.6) is 0 Å². The van der Waals surface area contributed by atoms with Crippen molar-refractivity contribution in [2.45, 2.75) is 77.9 Å². The Hall–Kier alpha value is -0.570. The summed E-state index contributed by atoms with van der Waals surface area (Å²) in [4.78, 5) is 14.3. The molecule has 0 bridgehead atoms. The van der Waals surface area contributed by atoms with Gasteiger partial charge in [-0.2, -0.15) is 0 Å². The van der Waals surface area contributed by atoms with E-state index in [0.29, 0.717) is 29.2 Å². The number of fused-ring (bicyclic) bond motifs is 5. The summed E-state index contributed by atoms with van der Waals surface area (Å²) >= 11 is 0. The van der Waals surface area contributed by atoms with E-state index in [1.165, 1.54) is 12.8 Å². The second-order valence-electron chi connectivity index (χ2n) is 9.82. The number of rotatable bonds is 0.